The summed E-state index contributed by atoms with van der Waals surface area (Å²) in [5.41, 5.74) is 2.33. The fraction of sp³-hybridized carbons (Fsp3) is 0.500. The zero-order chi connectivity index (χ0) is 43.4. The maximum atomic E-state index is 14.9. The summed E-state index contributed by atoms with van der Waals surface area (Å²) in [4.78, 5) is 46.4. The summed E-state index contributed by atoms with van der Waals surface area (Å²) in [5, 5.41) is 37.2. The summed E-state index contributed by atoms with van der Waals surface area (Å²) < 4.78 is 42.3. The lowest BCUT2D eigenvalue weighted by atomic mass is 9.71. The minimum Gasteiger partial charge on any atom is -0.504 e. The number of amides is 1. The lowest BCUT2D eigenvalue weighted by Crippen LogP contribution is -2.71. The summed E-state index contributed by atoms with van der Waals surface area (Å²) >= 11 is 1.35. The molecule has 0 aliphatic carbocycles. The van der Waals surface area contributed by atoms with E-state index < -0.39 is 64.6 Å². The first-order valence-electron chi connectivity index (χ1n) is 20.2. The number of thioether (sulfide) groups is 1. The second-order valence-corrected chi connectivity index (χ2v) is 18.4. The first-order valence-corrected chi connectivity index (χ1v) is 21.3. The van der Waals surface area contributed by atoms with E-state index in [0.717, 1.165) is 11.1 Å². The van der Waals surface area contributed by atoms with Crippen LogP contribution in [-0.4, -0.2) is 102 Å². The van der Waals surface area contributed by atoms with Crippen LogP contribution in [-0.2, 0) is 37.4 Å². The topological polar surface area (TPSA) is 199 Å². The van der Waals surface area contributed by atoms with E-state index in [1.54, 1.807) is 44.7 Å². The molecule has 1 unspecified atom stereocenters. The number of nitrogens with one attached hydrogen (secondary N) is 1. The van der Waals surface area contributed by atoms with E-state index in [-0.39, 0.29) is 54.3 Å². The molecule has 0 aromatic heterocycles. The lowest BCUT2D eigenvalue weighted by Gasteiger charge is -2.62. The number of piperazine rings is 1. The van der Waals surface area contributed by atoms with Crippen LogP contribution in [0.2, 0.25) is 0 Å². The molecule has 7 atom stereocenters. The van der Waals surface area contributed by atoms with Gasteiger partial charge in [0.05, 0.1) is 49.7 Å². The SMILES string of the molecule is COc1cc2c(cc1O)CCN[C@]21CS[C@@H]2c3c(OC(C)=O)c(C)c4c(c3[C@H](COC1=O)N1C2[C@H]2c3c(cc(C)c(OC)c3O)C[C@@H]([C@@H]1C#N)N2C(=O)OC(C)(C)C)OCO4. The number of hydrogen-bond donors (Lipinski definition) is 3. The van der Waals surface area contributed by atoms with Gasteiger partial charge in [0.25, 0.3) is 0 Å². The van der Waals surface area contributed by atoms with Crippen LogP contribution >= 0.6 is 11.8 Å². The molecule has 3 aromatic rings. The molecule has 3 aromatic carbocycles. The number of aryl methyl sites for hydroxylation is 1. The highest BCUT2D eigenvalue weighted by molar-refractivity contribution is 7.99. The van der Waals surface area contributed by atoms with E-state index in [9.17, 15) is 29.9 Å². The van der Waals surface area contributed by atoms with Crippen molar-refractivity contribution in [3.63, 3.8) is 0 Å². The van der Waals surface area contributed by atoms with E-state index in [2.05, 4.69) is 11.4 Å². The van der Waals surface area contributed by atoms with E-state index >= 15 is 0 Å². The number of hydrogen-bond acceptors (Lipinski definition) is 16. The smallest absolute Gasteiger partial charge is 0.411 e. The minimum atomic E-state index is -1.47. The normalized spacial score (nSPS) is 27.1. The third-order valence-electron chi connectivity index (χ3n) is 12.7. The number of carbonyl (C=O) groups excluding carboxylic acids is 3. The molecular weight excluding hydrogens is 809 g/mol. The molecule has 0 radical (unpaired) electrons. The summed E-state index contributed by atoms with van der Waals surface area (Å²) in [6.07, 6.45) is 0.0160. The summed E-state index contributed by atoms with van der Waals surface area (Å²) in [7, 11) is 2.90. The first kappa shape index (κ1) is 40.8. The van der Waals surface area contributed by atoms with E-state index in [1.807, 2.05) is 17.9 Å². The molecule has 2 saturated heterocycles. The predicted octanol–water partition coefficient (Wildman–Crippen LogP) is 5.29. The quantitative estimate of drug-likeness (QED) is 0.227. The molecule has 322 valence electrons. The largest absolute Gasteiger partial charge is 0.504 e. The summed E-state index contributed by atoms with van der Waals surface area (Å²) in [5.74, 6) is 0.0120. The summed E-state index contributed by atoms with van der Waals surface area (Å²) in [6, 6.07) is 3.14. The molecule has 1 spiro atoms. The van der Waals surface area contributed by atoms with Gasteiger partial charge in [-0.1, -0.05) is 6.07 Å². The predicted molar refractivity (Wildman–Crippen MR) is 218 cm³/mol. The third-order valence-corrected chi connectivity index (χ3v) is 14.2. The average molecular weight is 857 g/mol. The zero-order valence-corrected chi connectivity index (χ0v) is 36.0. The number of rotatable bonds is 3. The van der Waals surface area contributed by atoms with Crippen molar-refractivity contribution in [1.29, 1.82) is 5.26 Å². The van der Waals surface area contributed by atoms with Crippen LogP contribution in [0.1, 0.15) is 89.5 Å². The molecule has 2 fully saturated rings. The Bertz CT molecular complexity index is 2450. The van der Waals surface area contributed by atoms with Crippen LogP contribution in [0.4, 0.5) is 4.79 Å². The highest BCUT2D eigenvalue weighted by Crippen LogP contribution is 2.65. The molecular formula is C44H48N4O12S. The molecule has 7 aliphatic rings. The van der Waals surface area contributed by atoms with Gasteiger partial charge in [-0.15, -0.1) is 11.8 Å². The van der Waals surface area contributed by atoms with Gasteiger partial charge in [0.2, 0.25) is 6.79 Å². The second kappa shape index (κ2) is 14.5. The lowest BCUT2D eigenvalue weighted by molar-refractivity contribution is -0.157. The van der Waals surface area contributed by atoms with E-state index in [1.165, 1.54) is 32.9 Å². The standard InChI is InChI=1S/C44H48N4O12S/c1-19-11-23-12-25-26(15-45)47-27-16-56-41(52)44(24-14-29(54-7)28(50)13-22(24)9-10-46-44)17-61-40(32-31(27)39-38(57-18-58-39)20(2)37(32)59-21(3)49)34(47)33(30(23)35(51)36(19)55-8)48(25)42(53)60-43(4,5)6/h11,13-14,25-27,33-34,40,46,50-51H,9-10,12,16-18H2,1-8H3/t25-,26-,27-,33+,34?,40+,44+/m0/s1. The van der Waals surface area contributed by atoms with Crippen LogP contribution in [0, 0.1) is 25.2 Å². The summed E-state index contributed by atoms with van der Waals surface area (Å²) in [6.45, 7) is 10.2. The number of nitrogens with zero attached hydrogens (tertiary/aromatic N) is 3. The molecule has 10 rings (SSSR count). The van der Waals surface area contributed by atoms with E-state index in [4.69, 9.17) is 33.2 Å². The van der Waals surface area contributed by atoms with E-state index in [0.29, 0.717) is 57.8 Å². The van der Waals surface area contributed by atoms with Gasteiger partial charge in [-0.3, -0.25) is 19.9 Å². The Balaban J connectivity index is 1.36. The number of nitriles is 1. The number of carbonyl (C=O) groups is 3. The molecule has 16 nitrogen and oxygen atoms in total. The second-order valence-electron chi connectivity index (χ2n) is 17.3. The van der Waals surface area contributed by atoms with Crippen molar-refractivity contribution in [1.82, 2.24) is 15.1 Å². The molecule has 17 heteroatoms. The highest BCUT2D eigenvalue weighted by Gasteiger charge is 2.64. The fourth-order valence-corrected chi connectivity index (χ4v) is 12.2. The van der Waals surface area contributed by atoms with Crippen molar-refractivity contribution in [2.75, 3.05) is 39.9 Å². The van der Waals surface area contributed by atoms with Crippen LogP contribution < -0.4 is 29.0 Å². The maximum Gasteiger partial charge on any atom is 0.411 e. The van der Waals surface area contributed by atoms with Gasteiger partial charge in [0.1, 0.15) is 24.0 Å². The molecule has 4 bridgehead atoms. The number of ether oxygens (including phenoxy) is 7. The highest BCUT2D eigenvalue weighted by atomic mass is 32.2. The van der Waals surface area contributed by atoms with Crippen LogP contribution in [0.25, 0.3) is 0 Å². The zero-order valence-electron chi connectivity index (χ0n) is 35.2. The van der Waals surface area contributed by atoms with Gasteiger partial charge in [-0.25, -0.2) is 9.59 Å². The Kier molecular flexibility index (Phi) is 9.72. The van der Waals surface area contributed by atoms with Crippen molar-refractivity contribution >= 4 is 29.8 Å². The van der Waals surface area contributed by atoms with Gasteiger partial charge >= 0.3 is 18.0 Å². The Morgan fingerprint density at radius 2 is 1.77 bits per heavy atom. The van der Waals surface area contributed by atoms with Gasteiger partial charge in [-0.05, 0) is 81.8 Å². The number of phenols is 2. The van der Waals surface area contributed by atoms with Gasteiger partial charge in [0.15, 0.2) is 40.0 Å². The van der Waals surface area contributed by atoms with Crippen molar-refractivity contribution in [3.8, 4) is 46.3 Å². The van der Waals surface area contributed by atoms with Gasteiger partial charge < -0.3 is 43.4 Å². The van der Waals surface area contributed by atoms with Crippen molar-refractivity contribution in [3.05, 3.63) is 62.7 Å². The van der Waals surface area contributed by atoms with Gasteiger partial charge in [0, 0.05) is 41.5 Å². The Hall–Kier alpha value is -5.57. The molecule has 7 aliphatic heterocycles. The van der Waals surface area contributed by atoms with Crippen molar-refractivity contribution in [2.24, 2.45) is 0 Å². The first-order chi connectivity index (χ1) is 29.0. The number of aromatic hydroxyl groups is 2. The third kappa shape index (κ3) is 6.04. The molecule has 1 amide bonds. The molecule has 0 saturated carbocycles. The Morgan fingerprint density at radius 1 is 1.02 bits per heavy atom. The van der Waals surface area contributed by atoms with Crippen LogP contribution in [0.15, 0.2) is 18.2 Å². The number of benzene rings is 3. The van der Waals surface area contributed by atoms with Crippen molar-refractivity contribution < 1.29 is 57.8 Å². The minimum absolute atomic E-state index is 0.0226. The maximum absolute atomic E-state index is 14.9. The Labute approximate surface area is 356 Å². The average Bonchev–Trinajstić information content (AvgIpc) is 3.69. The molecule has 61 heavy (non-hydrogen) atoms. The monoisotopic (exact) mass is 856 g/mol. The number of esters is 2. The van der Waals surface area contributed by atoms with Gasteiger partial charge in [-0.2, -0.15) is 5.26 Å². The molecule has 7 heterocycles. The van der Waals surface area contributed by atoms with Crippen LogP contribution in [0.5, 0.6) is 40.2 Å². The van der Waals surface area contributed by atoms with Crippen LogP contribution in [0.3, 0.4) is 0 Å². The fourth-order valence-electron chi connectivity index (χ4n) is 10.5. The number of phenolic OH excluding ortho intramolecular Hbond substituents is 2. The molecule has 3 N–H and O–H groups in total. The Morgan fingerprint density at radius 3 is 2.46 bits per heavy atom. The number of fused-ring (bicyclic) bond motifs is 9. The number of methoxy groups -OCH3 is 2. The van der Waals surface area contributed by atoms with Crippen molar-refractivity contribution in [2.45, 2.75) is 101 Å².